The number of amides is 1. The third-order valence-corrected chi connectivity index (χ3v) is 10.3. The van der Waals surface area contributed by atoms with E-state index in [-0.39, 0.29) is 30.6 Å². The van der Waals surface area contributed by atoms with Gasteiger partial charge in [-0.15, -0.1) is 0 Å². The van der Waals surface area contributed by atoms with Gasteiger partial charge in [-0.1, -0.05) is 91.9 Å². The summed E-state index contributed by atoms with van der Waals surface area (Å²) in [6, 6.07) is 38.1. The number of nitrogens with one attached hydrogen (secondary N) is 1. The van der Waals surface area contributed by atoms with Crippen LogP contribution in [0.1, 0.15) is 63.1 Å². The molecular weight excluding hydrogens is 652 g/mol. The molecule has 5 aromatic carbocycles. The van der Waals surface area contributed by atoms with Gasteiger partial charge in [-0.2, -0.15) is 0 Å². The minimum absolute atomic E-state index is 0.000390. The molecule has 5 aromatic rings. The predicted molar refractivity (Wildman–Crippen MR) is 201 cm³/mol. The number of aliphatic hydroxyl groups excluding tert-OH is 1. The van der Waals surface area contributed by atoms with E-state index in [9.17, 15) is 9.90 Å². The molecule has 2 aliphatic rings. The number of hydrogen-bond donors (Lipinski definition) is 2. The summed E-state index contributed by atoms with van der Waals surface area (Å²) in [7, 11) is 3.35. The molecule has 7 rings (SSSR count). The van der Waals surface area contributed by atoms with E-state index in [1.165, 1.54) is 11.1 Å². The SMILES string of the molecule is COc1cc2c(cc1OC)CN(C[C@@H]1O[C@H](c3ccc(-c4cccc(CNC(=O)c5ccccc5)c4)cc3)O[C@H](c3ccc(CO)cc3)[C@@H]1C)CC2. The summed E-state index contributed by atoms with van der Waals surface area (Å²) >= 11 is 0. The first-order valence-electron chi connectivity index (χ1n) is 17.9. The number of hydrogen-bond acceptors (Lipinski definition) is 7. The summed E-state index contributed by atoms with van der Waals surface area (Å²) in [6.07, 6.45) is 0.0784. The van der Waals surface area contributed by atoms with Crippen molar-refractivity contribution in [3.05, 3.63) is 154 Å². The van der Waals surface area contributed by atoms with Crippen molar-refractivity contribution < 1.29 is 28.8 Å². The Morgan fingerprint density at radius 2 is 1.50 bits per heavy atom. The van der Waals surface area contributed by atoms with Gasteiger partial charge in [-0.05, 0) is 75.7 Å². The largest absolute Gasteiger partial charge is 0.493 e. The molecule has 0 spiro atoms. The van der Waals surface area contributed by atoms with Crippen molar-refractivity contribution in [2.24, 2.45) is 5.92 Å². The van der Waals surface area contributed by atoms with E-state index in [1.54, 1.807) is 14.2 Å². The monoisotopic (exact) mass is 698 g/mol. The van der Waals surface area contributed by atoms with E-state index in [0.717, 1.165) is 70.9 Å². The number of nitrogens with zero attached hydrogens (tertiary/aromatic N) is 1. The van der Waals surface area contributed by atoms with Crippen molar-refractivity contribution in [2.75, 3.05) is 27.3 Å². The van der Waals surface area contributed by atoms with Crippen molar-refractivity contribution in [2.45, 2.75) is 51.5 Å². The molecule has 8 heteroatoms. The lowest BCUT2D eigenvalue weighted by atomic mass is 9.89. The Morgan fingerprint density at radius 1 is 0.788 bits per heavy atom. The molecule has 0 saturated carbocycles. The number of rotatable bonds is 11. The molecule has 0 aliphatic carbocycles. The second-order valence-corrected chi connectivity index (χ2v) is 13.7. The van der Waals surface area contributed by atoms with Crippen LogP contribution in [0.4, 0.5) is 0 Å². The number of methoxy groups -OCH3 is 2. The van der Waals surface area contributed by atoms with Gasteiger partial charge in [0, 0.05) is 43.2 Å². The normalized spacial score (nSPS) is 20.2. The molecule has 268 valence electrons. The number of ether oxygens (including phenoxy) is 4. The summed E-state index contributed by atoms with van der Waals surface area (Å²) < 4.78 is 24.7. The number of carbonyl (C=O) groups excluding carboxylic acids is 1. The molecule has 1 fully saturated rings. The Hall–Kier alpha value is -4.99. The van der Waals surface area contributed by atoms with Gasteiger partial charge in [0.1, 0.15) is 0 Å². The fourth-order valence-electron chi connectivity index (χ4n) is 7.25. The Bertz CT molecular complexity index is 1960. The summed E-state index contributed by atoms with van der Waals surface area (Å²) in [5.74, 6) is 1.49. The Morgan fingerprint density at radius 3 is 2.21 bits per heavy atom. The van der Waals surface area contributed by atoms with Gasteiger partial charge < -0.3 is 29.4 Å². The topological polar surface area (TPSA) is 89.5 Å². The first kappa shape index (κ1) is 35.4. The minimum atomic E-state index is -0.557. The molecule has 8 nitrogen and oxygen atoms in total. The van der Waals surface area contributed by atoms with E-state index >= 15 is 0 Å². The third kappa shape index (κ3) is 7.91. The van der Waals surface area contributed by atoms with Gasteiger partial charge in [-0.3, -0.25) is 9.69 Å². The van der Waals surface area contributed by atoms with Crippen LogP contribution >= 0.6 is 0 Å². The lowest BCUT2D eigenvalue weighted by molar-refractivity contribution is -0.276. The van der Waals surface area contributed by atoms with Gasteiger partial charge in [-0.25, -0.2) is 0 Å². The zero-order valence-corrected chi connectivity index (χ0v) is 30.0. The van der Waals surface area contributed by atoms with Crippen LogP contribution in [0.15, 0.2) is 115 Å². The van der Waals surface area contributed by atoms with Crippen LogP contribution in [0.2, 0.25) is 0 Å². The first-order chi connectivity index (χ1) is 25.4. The van der Waals surface area contributed by atoms with E-state index in [4.69, 9.17) is 18.9 Å². The fourth-order valence-corrected chi connectivity index (χ4v) is 7.25. The second-order valence-electron chi connectivity index (χ2n) is 13.7. The third-order valence-electron chi connectivity index (χ3n) is 10.3. The molecule has 1 amide bonds. The van der Waals surface area contributed by atoms with Gasteiger partial charge in [0.05, 0.1) is 33.0 Å². The maximum Gasteiger partial charge on any atom is 0.251 e. The standard InChI is InChI=1S/C44H46N2O6/c1-29-41(27-46-21-20-37-23-39(49-2)40(50-3)24-38(37)26-46)51-44(52-42(29)33-14-12-30(28-47)13-15-33)35-18-16-32(17-19-35)36-11-7-8-31(22-36)25-45-43(48)34-9-5-4-6-10-34/h4-19,22-24,29,41-42,44,47H,20-21,25-28H2,1-3H3,(H,45,48)/t29-,41+,42+,44+/m1/s1. The highest BCUT2D eigenvalue weighted by molar-refractivity contribution is 5.94. The Kier molecular flexibility index (Phi) is 11.0. The van der Waals surface area contributed by atoms with E-state index in [2.05, 4.69) is 77.8 Å². The van der Waals surface area contributed by atoms with Crippen LogP contribution in [0.3, 0.4) is 0 Å². The molecule has 1 saturated heterocycles. The van der Waals surface area contributed by atoms with Crippen molar-refractivity contribution in [1.82, 2.24) is 10.2 Å². The van der Waals surface area contributed by atoms with E-state index < -0.39 is 6.29 Å². The number of fused-ring (bicyclic) bond motifs is 1. The number of benzene rings is 5. The molecule has 0 radical (unpaired) electrons. The lowest BCUT2D eigenvalue weighted by Gasteiger charge is -2.43. The van der Waals surface area contributed by atoms with Crippen molar-refractivity contribution in [1.29, 1.82) is 0 Å². The average Bonchev–Trinajstić information content (AvgIpc) is 3.20. The maximum absolute atomic E-state index is 12.6. The second kappa shape index (κ2) is 16.1. The average molecular weight is 699 g/mol. The molecule has 0 unspecified atom stereocenters. The van der Waals surface area contributed by atoms with Gasteiger partial charge >= 0.3 is 0 Å². The number of aliphatic hydroxyl groups is 1. The van der Waals surface area contributed by atoms with Crippen LogP contribution in [0.5, 0.6) is 11.5 Å². The molecule has 2 N–H and O–H groups in total. The van der Waals surface area contributed by atoms with Crippen LogP contribution in [-0.4, -0.2) is 49.3 Å². The zero-order chi connectivity index (χ0) is 36.0. The molecule has 2 aliphatic heterocycles. The van der Waals surface area contributed by atoms with E-state index in [0.29, 0.717) is 12.1 Å². The van der Waals surface area contributed by atoms with Gasteiger partial charge in [0.15, 0.2) is 17.8 Å². The first-order valence-corrected chi connectivity index (χ1v) is 17.9. The Labute approximate surface area is 305 Å². The zero-order valence-electron chi connectivity index (χ0n) is 30.0. The molecule has 0 aromatic heterocycles. The maximum atomic E-state index is 12.6. The van der Waals surface area contributed by atoms with Crippen LogP contribution in [-0.2, 0) is 35.6 Å². The van der Waals surface area contributed by atoms with Crippen molar-refractivity contribution in [3.8, 4) is 22.6 Å². The van der Waals surface area contributed by atoms with Crippen LogP contribution in [0.25, 0.3) is 11.1 Å². The predicted octanol–water partition coefficient (Wildman–Crippen LogP) is 7.64. The summed E-state index contributed by atoms with van der Waals surface area (Å²) in [4.78, 5) is 15.1. The fraction of sp³-hybridized carbons (Fsp3) is 0.295. The molecule has 52 heavy (non-hydrogen) atoms. The quantitative estimate of drug-likeness (QED) is 0.147. The van der Waals surface area contributed by atoms with Crippen LogP contribution < -0.4 is 14.8 Å². The van der Waals surface area contributed by atoms with E-state index in [1.807, 2.05) is 54.6 Å². The number of carbonyl (C=O) groups is 1. The molecule has 0 bridgehead atoms. The summed E-state index contributed by atoms with van der Waals surface area (Å²) in [5.41, 5.74) is 9.22. The molecule has 2 heterocycles. The van der Waals surface area contributed by atoms with Crippen LogP contribution in [0, 0.1) is 5.92 Å². The highest BCUT2D eigenvalue weighted by atomic mass is 16.7. The smallest absolute Gasteiger partial charge is 0.251 e. The van der Waals surface area contributed by atoms with Crippen molar-refractivity contribution in [3.63, 3.8) is 0 Å². The van der Waals surface area contributed by atoms with Gasteiger partial charge in [0.25, 0.3) is 5.91 Å². The summed E-state index contributed by atoms with van der Waals surface area (Å²) in [6.45, 7) is 5.11. The molecule has 4 atom stereocenters. The highest BCUT2D eigenvalue weighted by Crippen LogP contribution is 2.43. The highest BCUT2D eigenvalue weighted by Gasteiger charge is 2.39. The van der Waals surface area contributed by atoms with Gasteiger partial charge in [0.2, 0.25) is 0 Å². The van der Waals surface area contributed by atoms with Crippen molar-refractivity contribution >= 4 is 5.91 Å². The Balaban J connectivity index is 1.08. The lowest BCUT2D eigenvalue weighted by Crippen LogP contribution is -2.45. The molecular formula is C44H46N2O6. The summed E-state index contributed by atoms with van der Waals surface area (Å²) in [5, 5.41) is 12.7. The minimum Gasteiger partial charge on any atom is -0.493 e.